The van der Waals surface area contributed by atoms with Crippen molar-refractivity contribution < 1.29 is 34.0 Å². The summed E-state index contributed by atoms with van der Waals surface area (Å²) < 4.78 is 16.1. The van der Waals surface area contributed by atoms with Crippen molar-refractivity contribution in [1.82, 2.24) is 0 Å². The zero-order valence-electron chi connectivity index (χ0n) is 19.4. The molecule has 1 atom stereocenters. The Morgan fingerprint density at radius 2 is 1.56 bits per heavy atom. The normalized spacial score (nSPS) is 16.8. The average molecular weight is 530 g/mol. The minimum atomic E-state index is -1.17. The lowest BCUT2D eigenvalue weighted by Gasteiger charge is -2.27. The molecular weight excluding hydrogens is 509 g/mol. The van der Waals surface area contributed by atoms with E-state index in [4.69, 9.17) is 37.4 Å². The first kappa shape index (κ1) is 25.2. The van der Waals surface area contributed by atoms with Crippen molar-refractivity contribution in [3.05, 3.63) is 81.3 Å². The summed E-state index contributed by atoms with van der Waals surface area (Å²) in [6.45, 7) is 0. The van der Waals surface area contributed by atoms with E-state index in [1.54, 1.807) is 36.4 Å². The fourth-order valence-corrected chi connectivity index (χ4v) is 4.91. The number of methoxy groups -OCH3 is 3. The number of rotatable bonds is 6. The maximum atomic E-state index is 13.4. The van der Waals surface area contributed by atoms with Crippen LogP contribution < -0.4 is 19.1 Å². The molecule has 1 aliphatic heterocycles. The number of amides is 1. The molecule has 10 heteroatoms. The number of phenols is 1. The molecule has 1 unspecified atom stereocenters. The molecule has 186 valence electrons. The third-order valence-electron chi connectivity index (χ3n) is 5.81. The second kappa shape index (κ2) is 10.0. The van der Waals surface area contributed by atoms with E-state index in [-0.39, 0.29) is 44.1 Å². The number of carbonyl (C=O) groups is 2. The van der Waals surface area contributed by atoms with Gasteiger partial charge in [0.2, 0.25) is 0 Å². The van der Waals surface area contributed by atoms with E-state index >= 15 is 0 Å². The minimum Gasteiger partial charge on any atom is -0.507 e. The Labute approximate surface area is 216 Å². The van der Waals surface area contributed by atoms with Gasteiger partial charge in [-0.15, -0.1) is 0 Å². The van der Waals surface area contributed by atoms with Crippen LogP contribution in [0.1, 0.15) is 17.2 Å². The fourth-order valence-electron chi connectivity index (χ4n) is 4.23. The van der Waals surface area contributed by atoms with Crippen LogP contribution in [0.25, 0.3) is 5.76 Å². The smallest absolute Gasteiger partial charge is 0.300 e. The summed E-state index contributed by atoms with van der Waals surface area (Å²) in [6.07, 6.45) is 0. The number of Topliss-reactive ketones (excluding diaryl/α,β-unsaturated/α-hetero) is 1. The lowest BCUT2D eigenvalue weighted by Crippen LogP contribution is -2.29. The van der Waals surface area contributed by atoms with Crippen molar-refractivity contribution in [1.29, 1.82) is 0 Å². The molecule has 1 fully saturated rings. The molecule has 1 amide bonds. The Balaban J connectivity index is 2.07. The van der Waals surface area contributed by atoms with Crippen LogP contribution in [0.5, 0.6) is 23.0 Å². The molecule has 0 bridgehead atoms. The van der Waals surface area contributed by atoms with E-state index in [0.29, 0.717) is 11.3 Å². The van der Waals surface area contributed by atoms with Crippen LogP contribution >= 0.6 is 23.2 Å². The number of para-hydroxylation sites is 3. The number of carbonyl (C=O) groups excluding carboxylic acids is 2. The van der Waals surface area contributed by atoms with Crippen LogP contribution in [0, 0.1) is 0 Å². The number of halogens is 2. The number of aliphatic hydroxyl groups excluding tert-OH is 1. The Bertz CT molecular complexity index is 1400. The van der Waals surface area contributed by atoms with Crippen molar-refractivity contribution in [2.75, 3.05) is 26.2 Å². The standard InChI is InChI=1S/C26H21Cl2NO7/c1-34-18-11-7-4-8-13(18)21-19(23(32)26(33)29(21)16-9-5-6-10-17(16)30)22(31)14-12-15(27)25(36-3)20(28)24(14)35-2/h4-12,21,30-31H,1-3H3/b22-19+. The van der Waals surface area contributed by atoms with Crippen molar-refractivity contribution in [2.24, 2.45) is 0 Å². The molecule has 0 spiro atoms. The van der Waals surface area contributed by atoms with Gasteiger partial charge >= 0.3 is 0 Å². The summed E-state index contributed by atoms with van der Waals surface area (Å²) in [5.41, 5.74) is 0.174. The van der Waals surface area contributed by atoms with Gasteiger partial charge in [-0.3, -0.25) is 14.5 Å². The van der Waals surface area contributed by atoms with E-state index in [9.17, 15) is 19.8 Å². The molecule has 1 aliphatic rings. The topological polar surface area (TPSA) is 106 Å². The minimum absolute atomic E-state index is 0.0112. The molecule has 3 aromatic carbocycles. The quantitative estimate of drug-likeness (QED) is 0.252. The molecular formula is C26H21Cl2NO7. The number of aromatic hydroxyl groups is 1. The first-order valence-corrected chi connectivity index (χ1v) is 11.3. The Morgan fingerprint density at radius 3 is 2.19 bits per heavy atom. The van der Waals surface area contributed by atoms with Gasteiger partial charge in [-0.25, -0.2) is 0 Å². The molecule has 4 rings (SSSR count). The first-order valence-electron chi connectivity index (χ1n) is 10.6. The van der Waals surface area contributed by atoms with Gasteiger partial charge in [0.1, 0.15) is 22.3 Å². The molecule has 1 heterocycles. The molecule has 3 aromatic rings. The van der Waals surface area contributed by atoms with Gasteiger partial charge in [-0.05, 0) is 24.3 Å². The highest BCUT2D eigenvalue weighted by atomic mass is 35.5. The van der Waals surface area contributed by atoms with Crippen molar-refractivity contribution in [2.45, 2.75) is 6.04 Å². The van der Waals surface area contributed by atoms with Crippen LogP contribution in [0.15, 0.2) is 60.2 Å². The highest BCUT2D eigenvalue weighted by Crippen LogP contribution is 2.50. The van der Waals surface area contributed by atoms with Gasteiger partial charge in [0.25, 0.3) is 11.7 Å². The molecule has 0 aliphatic carbocycles. The number of hydrogen-bond donors (Lipinski definition) is 2. The van der Waals surface area contributed by atoms with Gasteiger partial charge in [0, 0.05) is 5.56 Å². The molecule has 8 nitrogen and oxygen atoms in total. The average Bonchev–Trinajstić information content (AvgIpc) is 3.13. The number of anilines is 1. The number of ether oxygens (including phenoxy) is 3. The summed E-state index contributed by atoms with van der Waals surface area (Å²) in [5, 5.41) is 22.1. The third-order valence-corrected chi connectivity index (χ3v) is 6.44. The van der Waals surface area contributed by atoms with Crippen molar-refractivity contribution >= 4 is 46.3 Å². The Hall–Kier alpha value is -3.88. The van der Waals surface area contributed by atoms with Gasteiger partial charge in [-0.1, -0.05) is 53.5 Å². The maximum Gasteiger partial charge on any atom is 0.300 e. The number of aliphatic hydroxyl groups is 1. The molecule has 0 saturated carbocycles. The van der Waals surface area contributed by atoms with E-state index < -0.39 is 23.5 Å². The molecule has 2 N–H and O–H groups in total. The van der Waals surface area contributed by atoms with Gasteiger partial charge < -0.3 is 24.4 Å². The van der Waals surface area contributed by atoms with Crippen molar-refractivity contribution in [3.63, 3.8) is 0 Å². The van der Waals surface area contributed by atoms with E-state index in [0.717, 1.165) is 4.90 Å². The van der Waals surface area contributed by atoms with Gasteiger partial charge in [0.05, 0.1) is 49.2 Å². The van der Waals surface area contributed by atoms with E-state index in [1.165, 1.54) is 39.5 Å². The molecule has 0 aromatic heterocycles. The summed E-state index contributed by atoms with van der Waals surface area (Å²) >= 11 is 12.7. The number of hydrogen-bond acceptors (Lipinski definition) is 7. The SMILES string of the molecule is COc1ccccc1C1/C(=C(\O)c2cc(Cl)c(OC)c(Cl)c2OC)C(=O)C(=O)N1c1ccccc1O. The fraction of sp³-hybridized carbons (Fsp3) is 0.154. The second-order valence-electron chi connectivity index (χ2n) is 7.69. The lowest BCUT2D eigenvalue weighted by atomic mass is 9.94. The zero-order valence-corrected chi connectivity index (χ0v) is 20.9. The van der Waals surface area contributed by atoms with Gasteiger partial charge in [-0.2, -0.15) is 0 Å². The van der Waals surface area contributed by atoms with Crippen LogP contribution in [-0.2, 0) is 9.59 Å². The third kappa shape index (κ3) is 3.98. The second-order valence-corrected chi connectivity index (χ2v) is 8.47. The van der Waals surface area contributed by atoms with Crippen LogP contribution in [0.2, 0.25) is 10.0 Å². The van der Waals surface area contributed by atoms with Gasteiger partial charge in [0.15, 0.2) is 11.5 Å². The maximum absolute atomic E-state index is 13.4. The summed E-state index contributed by atoms with van der Waals surface area (Å²) in [4.78, 5) is 27.9. The number of benzene rings is 3. The lowest BCUT2D eigenvalue weighted by molar-refractivity contribution is -0.132. The van der Waals surface area contributed by atoms with Crippen LogP contribution in [0.3, 0.4) is 0 Å². The van der Waals surface area contributed by atoms with Crippen LogP contribution in [-0.4, -0.2) is 43.2 Å². The summed E-state index contributed by atoms with van der Waals surface area (Å²) in [7, 11) is 4.13. The van der Waals surface area contributed by atoms with Crippen molar-refractivity contribution in [3.8, 4) is 23.0 Å². The summed E-state index contributed by atoms with van der Waals surface area (Å²) in [5.74, 6) is -2.30. The highest BCUT2D eigenvalue weighted by molar-refractivity contribution is 6.52. The molecule has 36 heavy (non-hydrogen) atoms. The van der Waals surface area contributed by atoms with E-state index in [1.807, 2.05) is 0 Å². The number of phenolic OH excluding ortho intramolecular Hbond substituents is 1. The highest BCUT2D eigenvalue weighted by Gasteiger charge is 2.49. The largest absolute Gasteiger partial charge is 0.507 e. The number of ketones is 1. The zero-order chi connectivity index (χ0) is 26.1. The molecule has 0 radical (unpaired) electrons. The monoisotopic (exact) mass is 529 g/mol. The number of nitrogens with zero attached hydrogens (tertiary/aromatic N) is 1. The molecule has 1 saturated heterocycles. The Morgan fingerprint density at radius 1 is 0.917 bits per heavy atom. The van der Waals surface area contributed by atoms with E-state index in [2.05, 4.69) is 0 Å². The summed E-state index contributed by atoms with van der Waals surface area (Å²) in [6, 6.07) is 13.0. The van der Waals surface area contributed by atoms with Crippen LogP contribution in [0.4, 0.5) is 5.69 Å². The predicted molar refractivity (Wildman–Crippen MR) is 135 cm³/mol. The predicted octanol–water partition coefficient (Wildman–Crippen LogP) is 5.35. The first-order chi connectivity index (χ1) is 17.3. The Kier molecular flexibility index (Phi) is 7.01.